The highest BCUT2D eigenvalue weighted by molar-refractivity contribution is 5.88. The predicted octanol–water partition coefficient (Wildman–Crippen LogP) is 2.06. The molecule has 4 rings (SSSR count). The summed E-state index contributed by atoms with van der Waals surface area (Å²) in [6.45, 7) is 5.87. The van der Waals surface area contributed by atoms with Crippen molar-refractivity contribution in [1.29, 1.82) is 0 Å². The quantitative estimate of drug-likeness (QED) is 0.821. The summed E-state index contributed by atoms with van der Waals surface area (Å²) in [5, 5.41) is 0.985. The highest BCUT2D eigenvalue weighted by Gasteiger charge is 2.39. The Morgan fingerprint density at radius 2 is 2.03 bits per heavy atom. The fourth-order valence-electron chi connectivity index (χ4n) is 4.66. The van der Waals surface area contributed by atoms with E-state index in [-0.39, 0.29) is 36.3 Å². The van der Waals surface area contributed by atoms with Crippen LogP contribution in [0.5, 0.6) is 0 Å². The summed E-state index contributed by atoms with van der Waals surface area (Å²) in [4.78, 5) is 42.8. The van der Waals surface area contributed by atoms with E-state index in [0.29, 0.717) is 19.0 Å². The van der Waals surface area contributed by atoms with Gasteiger partial charge in [0.05, 0.1) is 11.4 Å². The van der Waals surface area contributed by atoms with Crippen molar-refractivity contribution >= 4 is 41.1 Å². The molecule has 3 atom stereocenters. The Bertz CT molecular complexity index is 887. The standard InChI is InChI=1S/C20H28N6O2.ClH/c1-13-7-10-25(20(28)16-5-4-9-26(16)14(2)27)11-17(13)24(3)19-15-6-8-21-18(15)22-12-23-19;/h6,8,12-13,16-17H,4-5,7,9-11H2,1-3H3,(H,21,22,23);1H. The van der Waals surface area contributed by atoms with Gasteiger partial charge in [-0.2, -0.15) is 0 Å². The van der Waals surface area contributed by atoms with Crippen LogP contribution < -0.4 is 4.90 Å². The fraction of sp³-hybridized carbons (Fsp3) is 0.600. The van der Waals surface area contributed by atoms with Gasteiger partial charge in [-0.3, -0.25) is 9.59 Å². The molecule has 2 aromatic rings. The number of piperidine rings is 1. The molecule has 4 heterocycles. The Labute approximate surface area is 177 Å². The molecule has 1 N–H and O–H groups in total. The normalized spacial score (nSPS) is 24.4. The van der Waals surface area contributed by atoms with Crippen LogP contribution in [0.15, 0.2) is 18.6 Å². The first-order valence-electron chi connectivity index (χ1n) is 10.0. The van der Waals surface area contributed by atoms with Gasteiger partial charge in [0, 0.05) is 39.8 Å². The molecule has 0 aliphatic carbocycles. The SMILES string of the molecule is CC(=O)N1CCCC1C(=O)N1CCC(C)C(N(C)c2ncnc3[nH]ccc23)C1.Cl. The average Bonchev–Trinajstić information content (AvgIpc) is 3.36. The van der Waals surface area contributed by atoms with E-state index < -0.39 is 0 Å². The molecular weight excluding hydrogens is 392 g/mol. The third-order valence-corrected chi connectivity index (χ3v) is 6.34. The number of H-pyrrole nitrogens is 1. The number of aromatic amines is 1. The number of hydrogen-bond donors (Lipinski definition) is 1. The maximum absolute atomic E-state index is 13.2. The second-order valence-electron chi connectivity index (χ2n) is 8.04. The van der Waals surface area contributed by atoms with E-state index in [2.05, 4.69) is 26.8 Å². The minimum atomic E-state index is -0.299. The van der Waals surface area contributed by atoms with Gasteiger partial charge in [0.15, 0.2) is 0 Å². The van der Waals surface area contributed by atoms with E-state index >= 15 is 0 Å². The zero-order valence-corrected chi connectivity index (χ0v) is 18.0. The molecule has 2 fully saturated rings. The van der Waals surface area contributed by atoms with Crippen molar-refractivity contribution < 1.29 is 9.59 Å². The van der Waals surface area contributed by atoms with Gasteiger partial charge < -0.3 is 19.7 Å². The van der Waals surface area contributed by atoms with Crippen LogP contribution in [0.4, 0.5) is 5.82 Å². The molecule has 158 valence electrons. The fourth-order valence-corrected chi connectivity index (χ4v) is 4.66. The Balaban J connectivity index is 0.00000240. The van der Waals surface area contributed by atoms with Crippen LogP contribution in [0.3, 0.4) is 0 Å². The summed E-state index contributed by atoms with van der Waals surface area (Å²) in [6.07, 6.45) is 6.04. The highest BCUT2D eigenvalue weighted by Crippen LogP contribution is 2.30. The van der Waals surface area contributed by atoms with Gasteiger partial charge in [-0.05, 0) is 31.2 Å². The summed E-state index contributed by atoms with van der Waals surface area (Å²) in [6, 6.07) is 1.85. The Morgan fingerprint density at radius 1 is 1.24 bits per heavy atom. The molecule has 2 saturated heterocycles. The van der Waals surface area contributed by atoms with Gasteiger partial charge in [0.1, 0.15) is 23.8 Å². The predicted molar refractivity (Wildman–Crippen MR) is 114 cm³/mol. The molecule has 0 bridgehead atoms. The zero-order chi connectivity index (χ0) is 19.8. The molecule has 9 heteroatoms. The lowest BCUT2D eigenvalue weighted by atomic mass is 9.91. The number of halogens is 1. The van der Waals surface area contributed by atoms with Crippen molar-refractivity contribution in [3.8, 4) is 0 Å². The molecule has 0 saturated carbocycles. The molecule has 8 nitrogen and oxygen atoms in total. The number of nitrogens with one attached hydrogen (secondary N) is 1. The molecule has 0 aromatic carbocycles. The molecule has 2 aromatic heterocycles. The number of amides is 2. The van der Waals surface area contributed by atoms with Crippen LogP contribution in [0.1, 0.15) is 33.1 Å². The molecular formula is C20H29ClN6O2. The average molecular weight is 421 g/mol. The summed E-state index contributed by atoms with van der Waals surface area (Å²) < 4.78 is 0. The monoisotopic (exact) mass is 420 g/mol. The first-order valence-corrected chi connectivity index (χ1v) is 10.0. The lowest BCUT2D eigenvalue weighted by Gasteiger charge is -2.43. The van der Waals surface area contributed by atoms with Gasteiger partial charge in [-0.25, -0.2) is 9.97 Å². The van der Waals surface area contributed by atoms with Crippen molar-refractivity contribution in [3.63, 3.8) is 0 Å². The van der Waals surface area contributed by atoms with E-state index in [9.17, 15) is 9.59 Å². The topological polar surface area (TPSA) is 85.4 Å². The third-order valence-electron chi connectivity index (χ3n) is 6.34. The lowest BCUT2D eigenvalue weighted by Crippen LogP contribution is -2.56. The van der Waals surface area contributed by atoms with Crippen LogP contribution in [0.2, 0.25) is 0 Å². The van der Waals surface area contributed by atoms with Gasteiger partial charge in [-0.15, -0.1) is 12.4 Å². The summed E-state index contributed by atoms with van der Waals surface area (Å²) in [5.74, 6) is 1.40. The molecule has 2 aliphatic heterocycles. The number of likely N-dealkylation sites (N-methyl/N-ethyl adjacent to an activating group) is 1. The number of aromatic nitrogens is 3. The largest absolute Gasteiger partial charge is 0.354 e. The maximum Gasteiger partial charge on any atom is 0.245 e. The molecule has 2 aliphatic rings. The highest BCUT2D eigenvalue weighted by atomic mass is 35.5. The van der Waals surface area contributed by atoms with Crippen LogP contribution in [-0.2, 0) is 9.59 Å². The van der Waals surface area contributed by atoms with Crippen LogP contribution >= 0.6 is 12.4 Å². The number of likely N-dealkylation sites (tertiary alicyclic amines) is 2. The Morgan fingerprint density at radius 3 is 2.79 bits per heavy atom. The minimum Gasteiger partial charge on any atom is -0.354 e. The number of anilines is 1. The number of fused-ring (bicyclic) bond motifs is 1. The second-order valence-corrected chi connectivity index (χ2v) is 8.04. The number of nitrogens with zero attached hydrogens (tertiary/aromatic N) is 5. The number of carbonyl (C=O) groups is 2. The van der Waals surface area contributed by atoms with E-state index in [1.807, 2.05) is 24.2 Å². The van der Waals surface area contributed by atoms with E-state index in [4.69, 9.17) is 0 Å². The number of rotatable bonds is 3. The van der Waals surface area contributed by atoms with Crippen molar-refractivity contribution in [2.24, 2.45) is 5.92 Å². The molecule has 0 radical (unpaired) electrons. The number of hydrogen-bond acceptors (Lipinski definition) is 5. The summed E-state index contributed by atoms with van der Waals surface area (Å²) in [7, 11) is 2.04. The van der Waals surface area contributed by atoms with E-state index in [0.717, 1.165) is 42.7 Å². The van der Waals surface area contributed by atoms with Crippen LogP contribution in [0, 0.1) is 5.92 Å². The van der Waals surface area contributed by atoms with Gasteiger partial charge in [0.2, 0.25) is 11.8 Å². The third kappa shape index (κ3) is 3.90. The molecule has 0 spiro atoms. The first-order chi connectivity index (χ1) is 13.5. The minimum absolute atomic E-state index is 0. The smallest absolute Gasteiger partial charge is 0.245 e. The van der Waals surface area contributed by atoms with Crippen LogP contribution in [-0.4, -0.2) is 75.3 Å². The van der Waals surface area contributed by atoms with Crippen molar-refractivity contribution in [2.75, 3.05) is 31.6 Å². The first kappa shape index (κ1) is 21.4. The second kappa shape index (κ2) is 8.57. The van der Waals surface area contributed by atoms with Gasteiger partial charge >= 0.3 is 0 Å². The van der Waals surface area contributed by atoms with E-state index in [1.54, 1.807) is 18.2 Å². The molecule has 2 amide bonds. The molecule has 3 unspecified atom stereocenters. The van der Waals surface area contributed by atoms with E-state index in [1.165, 1.54) is 0 Å². The van der Waals surface area contributed by atoms with Gasteiger partial charge in [0.25, 0.3) is 0 Å². The lowest BCUT2D eigenvalue weighted by molar-refractivity contribution is -0.144. The Hall–Kier alpha value is -2.35. The van der Waals surface area contributed by atoms with Crippen molar-refractivity contribution in [2.45, 2.75) is 45.2 Å². The van der Waals surface area contributed by atoms with Gasteiger partial charge in [-0.1, -0.05) is 6.92 Å². The summed E-state index contributed by atoms with van der Waals surface area (Å²) >= 11 is 0. The van der Waals surface area contributed by atoms with Crippen molar-refractivity contribution in [3.05, 3.63) is 18.6 Å². The summed E-state index contributed by atoms with van der Waals surface area (Å²) in [5.41, 5.74) is 0.816. The zero-order valence-electron chi connectivity index (χ0n) is 17.2. The van der Waals surface area contributed by atoms with Crippen molar-refractivity contribution in [1.82, 2.24) is 24.8 Å². The van der Waals surface area contributed by atoms with Crippen LogP contribution in [0.25, 0.3) is 11.0 Å². The number of carbonyl (C=O) groups excluding carboxylic acids is 2. The Kier molecular flexibility index (Phi) is 6.31. The molecule has 29 heavy (non-hydrogen) atoms. The maximum atomic E-state index is 13.2.